The molecule has 24 heavy (non-hydrogen) atoms. The largest absolute Gasteiger partial charge is 0.496 e. The van der Waals surface area contributed by atoms with Crippen LogP contribution in [0.5, 0.6) is 11.5 Å². The predicted molar refractivity (Wildman–Crippen MR) is 91.1 cm³/mol. The SMILES string of the molecule is COc1ccccc1-c1cncc(O[C@H]2SC[C@@H](O)[C@H](O)[C@H]2O)c1. The van der Waals surface area contributed by atoms with Crippen molar-refractivity contribution in [3.05, 3.63) is 42.7 Å². The maximum absolute atomic E-state index is 10.0. The molecule has 0 spiro atoms. The molecule has 1 aliphatic rings. The molecular formula is C17H19NO5S. The van der Waals surface area contributed by atoms with Crippen molar-refractivity contribution in [1.29, 1.82) is 0 Å². The molecule has 7 heteroatoms. The smallest absolute Gasteiger partial charge is 0.173 e. The summed E-state index contributed by atoms with van der Waals surface area (Å²) in [6.45, 7) is 0. The molecule has 1 saturated heterocycles. The number of methoxy groups -OCH3 is 1. The highest BCUT2D eigenvalue weighted by molar-refractivity contribution is 7.99. The van der Waals surface area contributed by atoms with E-state index in [0.29, 0.717) is 11.5 Å². The zero-order valence-electron chi connectivity index (χ0n) is 13.1. The Balaban J connectivity index is 1.81. The number of aromatic nitrogens is 1. The minimum Gasteiger partial charge on any atom is -0.496 e. The molecule has 2 aromatic rings. The molecule has 0 unspecified atom stereocenters. The lowest BCUT2D eigenvalue weighted by molar-refractivity contribution is -0.0786. The number of para-hydroxylation sites is 1. The predicted octanol–water partition coefficient (Wildman–Crippen LogP) is 1.29. The first-order valence-electron chi connectivity index (χ1n) is 7.51. The van der Waals surface area contributed by atoms with Crippen LogP contribution >= 0.6 is 11.8 Å². The van der Waals surface area contributed by atoms with E-state index in [9.17, 15) is 15.3 Å². The van der Waals surface area contributed by atoms with Gasteiger partial charge in [-0.05, 0) is 12.1 Å². The van der Waals surface area contributed by atoms with Crippen LogP contribution in [0.15, 0.2) is 42.7 Å². The number of pyridine rings is 1. The van der Waals surface area contributed by atoms with Crippen LogP contribution in [0.25, 0.3) is 11.1 Å². The quantitative estimate of drug-likeness (QED) is 0.766. The van der Waals surface area contributed by atoms with E-state index < -0.39 is 23.7 Å². The van der Waals surface area contributed by atoms with Crippen molar-refractivity contribution in [2.24, 2.45) is 0 Å². The molecule has 128 valence electrons. The van der Waals surface area contributed by atoms with Crippen LogP contribution in [0, 0.1) is 0 Å². The van der Waals surface area contributed by atoms with Crippen LogP contribution in [0.2, 0.25) is 0 Å². The van der Waals surface area contributed by atoms with Gasteiger partial charge in [0.25, 0.3) is 0 Å². The Labute approximate surface area is 144 Å². The lowest BCUT2D eigenvalue weighted by Gasteiger charge is -2.34. The lowest BCUT2D eigenvalue weighted by Crippen LogP contribution is -2.50. The maximum Gasteiger partial charge on any atom is 0.173 e. The summed E-state index contributed by atoms with van der Waals surface area (Å²) < 4.78 is 11.1. The number of aliphatic hydroxyl groups excluding tert-OH is 3. The zero-order valence-corrected chi connectivity index (χ0v) is 13.9. The standard InChI is InChI=1S/C17H19NO5S/c1-22-14-5-3-2-4-12(14)10-6-11(8-18-7-10)23-17-16(21)15(20)13(19)9-24-17/h2-8,13,15-17,19-21H,9H2,1H3/t13-,15+,16-,17+/m1/s1. The molecule has 0 bridgehead atoms. The molecule has 0 aliphatic carbocycles. The minimum atomic E-state index is -1.22. The van der Waals surface area contributed by atoms with Crippen LogP contribution < -0.4 is 9.47 Å². The van der Waals surface area contributed by atoms with Crippen molar-refractivity contribution in [2.45, 2.75) is 23.7 Å². The maximum atomic E-state index is 10.0. The minimum absolute atomic E-state index is 0.294. The first-order valence-corrected chi connectivity index (χ1v) is 8.56. The van der Waals surface area contributed by atoms with Crippen molar-refractivity contribution in [2.75, 3.05) is 12.9 Å². The molecule has 2 heterocycles. The van der Waals surface area contributed by atoms with E-state index in [1.165, 1.54) is 11.8 Å². The molecular weight excluding hydrogens is 330 g/mol. The van der Waals surface area contributed by atoms with E-state index in [2.05, 4.69) is 4.98 Å². The third-order valence-electron chi connectivity index (χ3n) is 3.84. The third-order valence-corrected chi connectivity index (χ3v) is 5.08. The second kappa shape index (κ2) is 7.40. The summed E-state index contributed by atoms with van der Waals surface area (Å²) in [5, 5.41) is 29.4. The Kier molecular flexibility index (Phi) is 5.25. The van der Waals surface area contributed by atoms with Gasteiger partial charge in [0, 0.05) is 23.1 Å². The topological polar surface area (TPSA) is 92.0 Å². The highest BCUT2D eigenvalue weighted by Crippen LogP contribution is 2.33. The van der Waals surface area contributed by atoms with Gasteiger partial charge in [-0.2, -0.15) is 0 Å². The Morgan fingerprint density at radius 2 is 1.92 bits per heavy atom. The van der Waals surface area contributed by atoms with Crippen molar-refractivity contribution < 1.29 is 24.8 Å². The van der Waals surface area contributed by atoms with Crippen LogP contribution in [0.1, 0.15) is 0 Å². The van der Waals surface area contributed by atoms with Gasteiger partial charge in [0.1, 0.15) is 23.7 Å². The molecule has 1 aliphatic heterocycles. The summed E-state index contributed by atoms with van der Waals surface area (Å²) in [4.78, 5) is 4.18. The van der Waals surface area contributed by atoms with Gasteiger partial charge < -0.3 is 24.8 Å². The lowest BCUT2D eigenvalue weighted by atomic mass is 10.1. The van der Waals surface area contributed by atoms with Crippen LogP contribution in [0.4, 0.5) is 0 Å². The number of nitrogens with zero attached hydrogens (tertiary/aromatic N) is 1. The zero-order chi connectivity index (χ0) is 17.1. The number of hydrogen-bond acceptors (Lipinski definition) is 7. The summed E-state index contributed by atoms with van der Waals surface area (Å²) in [6.07, 6.45) is -0.102. The Morgan fingerprint density at radius 1 is 1.12 bits per heavy atom. The fourth-order valence-electron chi connectivity index (χ4n) is 2.53. The number of aliphatic hydroxyl groups is 3. The Bertz CT molecular complexity index is 698. The molecule has 3 N–H and O–H groups in total. The van der Waals surface area contributed by atoms with Crippen molar-refractivity contribution >= 4 is 11.8 Å². The van der Waals surface area contributed by atoms with E-state index in [-0.39, 0.29) is 0 Å². The molecule has 6 nitrogen and oxygen atoms in total. The number of rotatable bonds is 4. The molecule has 1 fully saturated rings. The molecule has 1 aromatic heterocycles. The number of benzene rings is 1. The normalized spacial score (nSPS) is 26.8. The van der Waals surface area contributed by atoms with Crippen LogP contribution in [0.3, 0.4) is 0 Å². The fourth-order valence-corrected chi connectivity index (χ4v) is 3.65. The second-order valence-corrected chi connectivity index (χ2v) is 6.61. The second-order valence-electron chi connectivity index (χ2n) is 5.48. The van der Waals surface area contributed by atoms with E-state index in [1.54, 1.807) is 25.6 Å². The van der Waals surface area contributed by atoms with Crippen molar-refractivity contribution in [3.8, 4) is 22.6 Å². The van der Waals surface area contributed by atoms with Crippen LogP contribution in [-0.2, 0) is 0 Å². The number of hydrogen-bond donors (Lipinski definition) is 3. The number of ether oxygens (including phenoxy) is 2. The highest BCUT2D eigenvalue weighted by atomic mass is 32.2. The Hall–Kier alpha value is -1.80. The summed E-state index contributed by atoms with van der Waals surface area (Å²) in [5.74, 6) is 1.49. The van der Waals surface area contributed by atoms with E-state index in [0.717, 1.165) is 16.9 Å². The number of thioether (sulfide) groups is 1. The monoisotopic (exact) mass is 349 g/mol. The van der Waals surface area contributed by atoms with Crippen LogP contribution in [-0.4, -0.2) is 56.9 Å². The fraction of sp³-hybridized carbons (Fsp3) is 0.353. The molecule has 0 amide bonds. The summed E-state index contributed by atoms with van der Waals surface area (Å²) in [7, 11) is 1.61. The Morgan fingerprint density at radius 3 is 2.71 bits per heavy atom. The van der Waals surface area contributed by atoms with Gasteiger partial charge in [-0.3, -0.25) is 4.98 Å². The molecule has 0 radical (unpaired) electrons. The van der Waals surface area contributed by atoms with Crippen molar-refractivity contribution in [1.82, 2.24) is 4.98 Å². The van der Waals surface area contributed by atoms with Gasteiger partial charge in [-0.25, -0.2) is 0 Å². The summed E-state index contributed by atoms with van der Waals surface area (Å²) >= 11 is 1.25. The van der Waals surface area contributed by atoms with Gasteiger partial charge >= 0.3 is 0 Å². The van der Waals surface area contributed by atoms with Crippen molar-refractivity contribution in [3.63, 3.8) is 0 Å². The molecule has 3 rings (SSSR count). The summed E-state index contributed by atoms with van der Waals surface area (Å²) in [6, 6.07) is 9.38. The van der Waals surface area contributed by atoms with E-state index in [4.69, 9.17) is 9.47 Å². The third kappa shape index (κ3) is 3.49. The average Bonchev–Trinajstić information content (AvgIpc) is 2.62. The first-order chi connectivity index (χ1) is 11.6. The molecule has 1 aromatic carbocycles. The first kappa shape index (κ1) is 17.0. The van der Waals surface area contributed by atoms with Gasteiger partial charge in [-0.1, -0.05) is 18.2 Å². The molecule has 4 atom stereocenters. The van der Waals surface area contributed by atoms with Gasteiger partial charge in [0.15, 0.2) is 5.44 Å². The van der Waals surface area contributed by atoms with Gasteiger partial charge in [0.05, 0.1) is 19.4 Å². The average molecular weight is 349 g/mol. The van der Waals surface area contributed by atoms with E-state index >= 15 is 0 Å². The molecule has 0 saturated carbocycles. The van der Waals surface area contributed by atoms with Gasteiger partial charge in [0.2, 0.25) is 0 Å². The van der Waals surface area contributed by atoms with E-state index in [1.807, 2.05) is 24.3 Å². The van der Waals surface area contributed by atoms with Gasteiger partial charge in [-0.15, -0.1) is 11.8 Å². The summed E-state index contributed by atoms with van der Waals surface area (Å²) in [5.41, 5.74) is 1.03. The highest BCUT2D eigenvalue weighted by Gasteiger charge is 2.38.